The average molecular weight is 442 g/mol. The van der Waals surface area contributed by atoms with Gasteiger partial charge in [0.1, 0.15) is 0 Å². The molecule has 0 radical (unpaired) electrons. The molecular formula is C19H21Cl2N3O3S. The van der Waals surface area contributed by atoms with Gasteiger partial charge in [0.05, 0.1) is 14.9 Å². The minimum Gasteiger partial charge on any atom is -0.378 e. The average Bonchev–Trinajstić information content (AvgIpc) is 2.69. The van der Waals surface area contributed by atoms with Crippen molar-refractivity contribution < 1.29 is 13.2 Å². The zero-order valence-corrected chi connectivity index (χ0v) is 17.9. The molecule has 1 amide bonds. The molecule has 1 aliphatic heterocycles. The van der Waals surface area contributed by atoms with E-state index < -0.39 is 10.0 Å². The smallest absolute Gasteiger partial charge is 0.253 e. The lowest BCUT2D eigenvalue weighted by molar-refractivity contribution is 0.0698. The van der Waals surface area contributed by atoms with Gasteiger partial charge in [-0.1, -0.05) is 23.2 Å². The number of halogens is 2. The monoisotopic (exact) mass is 441 g/mol. The summed E-state index contributed by atoms with van der Waals surface area (Å²) in [6.45, 7) is 1.11. The fourth-order valence-electron chi connectivity index (χ4n) is 3.00. The third-order valence-electron chi connectivity index (χ3n) is 4.69. The van der Waals surface area contributed by atoms with Crippen molar-refractivity contribution in [1.29, 1.82) is 0 Å². The summed E-state index contributed by atoms with van der Waals surface area (Å²) in [6.07, 6.45) is 0. The lowest BCUT2D eigenvalue weighted by Gasteiger charge is -2.34. The lowest BCUT2D eigenvalue weighted by atomic mass is 10.1. The topological polar surface area (TPSA) is 60.9 Å². The van der Waals surface area contributed by atoms with Gasteiger partial charge in [-0.05, 0) is 42.5 Å². The van der Waals surface area contributed by atoms with Crippen LogP contribution in [0, 0.1) is 0 Å². The normalized spacial score (nSPS) is 15.5. The van der Waals surface area contributed by atoms with E-state index in [1.54, 1.807) is 17.0 Å². The van der Waals surface area contributed by atoms with Crippen LogP contribution >= 0.6 is 23.2 Å². The second-order valence-electron chi connectivity index (χ2n) is 6.71. The molecule has 0 spiro atoms. The molecule has 0 saturated carbocycles. The van der Waals surface area contributed by atoms with Gasteiger partial charge >= 0.3 is 0 Å². The molecule has 6 nitrogen and oxygen atoms in total. The predicted molar refractivity (Wildman–Crippen MR) is 112 cm³/mol. The van der Waals surface area contributed by atoms with Crippen LogP contribution < -0.4 is 4.90 Å². The summed E-state index contributed by atoms with van der Waals surface area (Å²) in [7, 11) is 0.186. The molecule has 0 atom stereocenters. The van der Waals surface area contributed by atoms with E-state index in [0.717, 1.165) is 5.69 Å². The van der Waals surface area contributed by atoms with Gasteiger partial charge in [0.15, 0.2) is 0 Å². The van der Waals surface area contributed by atoms with E-state index >= 15 is 0 Å². The van der Waals surface area contributed by atoms with Crippen molar-refractivity contribution >= 4 is 44.8 Å². The van der Waals surface area contributed by atoms with E-state index in [-0.39, 0.29) is 28.9 Å². The second kappa shape index (κ2) is 8.29. The van der Waals surface area contributed by atoms with Gasteiger partial charge in [-0.25, -0.2) is 8.42 Å². The van der Waals surface area contributed by atoms with Crippen molar-refractivity contribution in [1.82, 2.24) is 9.21 Å². The molecule has 0 unspecified atom stereocenters. The van der Waals surface area contributed by atoms with Gasteiger partial charge in [-0.15, -0.1) is 0 Å². The first-order valence-electron chi connectivity index (χ1n) is 8.72. The maximum absolute atomic E-state index is 12.8. The second-order valence-corrected chi connectivity index (χ2v) is 9.47. The fourth-order valence-corrected chi connectivity index (χ4v) is 4.81. The first-order chi connectivity index (χ1) is 13.2. The lowest BCUT2D eigenvalue weighted by Crippen LogP contribution is -2.50. The number of hydrogen-bond donors (Lipinski definition) is 0. The van der Waals surface area contributed by atoms with Crippen molar-refractivity contribution in [2.45, 2.75) is 4.90 Å². The number of rotatable bonds is 4. The molecule has 1 heterocycles. The molecule has 0 bridgehead atoms. The number of carbonyl (C=O) groups is 1. The Balaban J connectivity index is 1.68. The summed E-state index contributed by atoms with van der Waals surface area (Å²) in [5.74, 6) is -0.100. The zero-order chi connectivity index (χ0) is 20.5. The van der Waals surface area contributed by atoms with Crippen LogP contribution in [0.2, 0.25) is 10.0 Å². The Hall–Kier alpha value is -1.80. The highest BCUT2D eigenvalue weighted by molar-refractivity contribution is 7.89. The molecule has 1 saturated heterocycles. The molecule has 2 aromatic rings. The number of carbonyl (C=O) groups excluding carboxylic acids is 1. The van der Waals surface area contributed by atoms with E-state index in [1.165, 1.54) is 22.5 Å². The van der Waals surface area contributed by atoms with Crippen LogP contribution in [-0.4, -0.2) is 63.8 Å². The molecule has 28 heavy (non-hydrogen) atoms. The summed E-state index contributed by atoms with van der Waals surface area (Å²) in [5.41, 5.74) is 1.60. The quantitative estimate of drug-likeness (QED) is 0.730. The number of hydrogen-bond acceptors (Lipinski definition) is 4. The maximum Gasteiger partial charge on any atom is 0.253 e. The van der Waals surface area contributed by atoms with Crippen molar-refractivity contribution in [3.8, 4) is 0 Å². The number of nitrogens with zero attached hydrogens (tertiary/aromatic N) is 3. The Morgan fingerprint density at radius 3 is 2.07 bits per heavy atom. The minimum atomic E-state index is -3.68. The predicted octanol–water partition coefficient (Wildman–Crippen LogP) is 3.21. The molecule has 0 aromatic heterocycles. The number of amides is 1. The molecule has 9 heteroatoms. The Morgan fingerprint density at radius 1 is 0.929 bits per heavy atom. The van der Waals surface area contributed by atoms with Crippen LogP contribution in [0.3, 0.4) is 0 Å². The Morgan fingerprint density at radius 2 is 1.54 bits per heavy atom. The summed E-state index contributed by atoms with van der Waals surface area (Å²) >= 11 is 11.8. The largest absolute Gasteiger partial charge is 0.378 e. The number of sulfonamides is 1. The standard InChI is InChI=1S/C19H21Cl2N3O3S/c1-22(2)15-5-3-14(4-6-15)19(25)23-9-11-24(12-10-23)28(26,27)16-7-8-17(20)18(21)13-16/h3-8,13H,9-12H2,1-2H3. The summed E-state index contributed by atoms with van der Waals surface area (Å²) < 4.78 is 27.0. The van der Waals surface area contributed by atoms with Crippen LogP contribution in [0.25, 0.3) is 0 Å². The van der Waals surface area contributed by atoms with Gasteiger partial charge in [-0.2, -0.15) is 4.31 Å². The highest BCUT2D eigenvalue weighted by Crippen LogP contribution is 2.27. The number of anilines is 1. The summed E-state index contributed by atoms with van der Waals surface area (Å²) in [6, 6.07) is 11.6. The van der Waals surface area contributed by atoms with Gasteiger partial charge in [0.25, 0.3) is 5.91 Å². The molecule has 2 aromatic carbocycles. The van der Waals surface area contributed by atoms with E-state index in [4.69, 9.17) is 23.2 Å². The Labute approximate surface area is 175 Å². The fraction of sp³-hybridized carbons (Fsp3) is 0.316. The van der Waals surface area contributed by atoms with Gasteiger partial charge in [0.2, 0.25) is 10.0 Å². The molecule has 1 aliphatic rings. The molecule has 1 fully saturated rings. The molecule has 150 valence electrons. The van der Waals surface area contributed by atoms with Crippen LogP contribution in [0.4, 0.5) is 5.69 Å². The summed E-state index contributed by atoms with van der Waals surface area (Å²) in [5, 5.41) is 0.494. The number of benzene rings is 2. The van der Waals surface area contributed by atoms with E-state index in [9.17, 15) is 13.2 Å². The molecular weight excluding hydrogens is 421 g/mol. The SMILES string of the molecule is CN(C)c1ccc(C(=O)N2CCN(S(=O)(=O)c3ccc(Cl)c(Cl)c3)CC2)cc1. The van der Waals surface area contributed by atoms with Crippen molar-refractivity contribution in [3.05, 3.63) is 58.1 Å². The molecule has 0 aliphatic carbocycles. The van der Waals surface area contributed by atoms with Crippen LogP contribution in [0.1, 0.15) is 10.4 Å². The van der Waals surface area contributed by atoms with Gasteiger partial charge in [0, 0.05) is 51.5 Å². The van der Waals surface area contributed by atoms with Gasteiger partial charge < -0.3 is 9.80 Å². The van der Waals surface area contributed by atoms with Crippen molar-refractivity contribution in [2.24, 2.45) is 0 Å². The van der Waals surface area contributed by atoms with Gasteiger partial charge in [-0.3, -0.25) is 4.79 Å². The first-order valence-corrected chi connectivity index (χ1v) is 10.9. The maximum atomic E-state index is 12.8. The van der Waals surface area contributed by atoms with Crippen molar-refractivity contribution in [2.75, 3.05) is 45.2 Å². The third kappa shape index (κ3) is 4.27. The van der Waals surface area contributed by atoms with E-state index in [0.29, 0.717) is 23.7 Å². The van der Waals surface area contributed by atoms with E-state index in [2.05, 4.69) is 0 Å². The Kier molecular flexibility index (Phi) is 6.19. The highest BCUT2D eigenvalue weighted by atomic mass is 35.5. The molecule has 3 rings (SSSR count). The third-order valence-corrected chi connectivity index (χ3v) is 7.32. The summed E-state index contributed by atoms with van der Waals surface area (Å²) in [4.78, 5) is 16.4. The first kappa shape index (κ1) is 20.9. The zero-order valence-electron chi connectivity index (χ0n) is 15.6. The number of piperazine rings is 1. The Bertz CT molecular complexity index is 970. The highest BCUT2D eigenvalue weighted by Gasteiger charge is 2.30. The minimum absolute atomic E-state index is 0.0981. The molecule has 0 N–H and O–H groups in total. The van der Waals surface area contributed by atoms with Crippen LogP contribution in [0.5, 0.6) is 0 Å². The van der Waals surface area contributed by atoms with E-state index in [1.807, 2.05) is 31.1 Å². The van der Waals surface area contributed by atoms with Crippen LogP contribution in [0.15, 0.2) is 47.4 Å². The van der Waals surface area contributed by atoms with Crippen LogP contribution in [-0.2, 0) is 10.0 Å². The van der Waals surface area contributed by atoms with Crippen molar-refractivity contribution in [3.63, 3.8) is 0 Å².